The van der Waals surface area contributed by atoms with E-state index in [1.54, 1.807) is 11.1 Å². The largest absolute Gasteiger partial charge is 0.472 e. The first kappa shape index (κ1) is 25.4. The minimum atomic E-state index is -3.54. The van der Waals surface area contributed by atoms with E-state index in [1.165, 1.54) is 18.5 Å². The van der Waals surface area contributed by atoms with Crippen molar-refractivity contribution in [1.29, 1.82) is 0 Å². The van der Waals surface area contributed by atoms with Crippen LogP contribution in [0, 0.1) is 17.7 Å². The first-order chi connectivity index (χ1) is 17.4. The molecule has 0 radical (unpaired) electrons. The number of carbonyl (C=O) groups is 1. The van der Waals surface area contributed by atoms with Crippen molar-refractivity contribution in [3.8, 4) is 17.0 Å². The van der Waals surface area contributed by atoms with E-state index in [0.29, 0.717) is 48.8 Å². The highest BCUT2D eigenvalue weighted by Crippen LogP contribution is 2.36. The van der Waals surface area contributed by atoms with Crippen LogP contribution < -0.4 is 4.74 Å². The maximum Gasteiger partial charge on any atom is 0.410 e. The third-order valence-corrected chi connectivity index (χ3v) is 7.60. The monoisotopic (exact) mass is 532 g/mol. The van der Waals surface area contributed by atoms with Gasteiger partial charge in [0.1, 0.15) is 34.9 Å². The summed E-state index contributed by atoms with van der Waals surface area (Å²) in [7, 11) is -3.54. The lowest BCUT2D eigenvalue weighted by Gasteiger charge is -2.46. The number of hydrogen-bond acceptors (Lipinski definition) is 8. The molecule has 2 aliphatic heterocycles. The number of aromatic amines is 1. The third-order valence-electron chi connectivity index (χ3n) is 6.49. The average Bonchev–Trinajstić information content (AvgIpc) is 3.22. The van der Waals surface area contributed by atoms with Crippen molar-refractivity contribution in [2.45, 2.75) is 37.4 Å². The summed E-state index contributed by atoms with van der Waals surface area (Å²) in [6, 6.07) is 3.79. The summed E-state index contributed by atoms with van der Waals surface area (Å²) in [6.07, 6.45) is 3.37. The first-order valence-electron chi connectivity index (χ1n) is 11.9. The number of halogens is 1. The maximum atomic E-state index is 14.9. The number of benzene rings is 1. The summed E-state index contributed by atoms with van der Waals surface area (Å²) in [5, 5.41) is 0. The van der Waals surface area contributed by atoms with E-state index in [9.17, 15) is 17.6 Å². The molecule has 2 fully saturated rings. The molecule has 4 heterocycles. The van der Waals surface area contributed by atoms with Gasteiger partial charge in [0.05, 0.1) is 18.1 Å². The van der Waals surface area contributed by atoms with Gasteiger partial charge in [-0.3, -0.25) is 0 Å². The number of nitrogens with one attached hydrogen (secondary N) is 1. The number of carbonyl (C=O) groups excluding carboxylic acids is 1. The van der Waals surface area contributed by atoms with E-state index < -0.39 is 21.3 Å². The van der Waals surface area contributed by atoms with Gasteiger partial charge >= 0.3 is 6.09 Å². The standard InChI is InChI=1S/C25H29FN4O6S/c1-25(2,3)36-24(31)30-9-14-11-34-12-15(10-30)22(14)35-23-21-20(28-13-29-23)18(8-27-21)17-6-5-16(7-19(17)26)37(4,32)33/h5-8,13-15,22,27H,9-12H2,1-4H3. The average molecular weight is 533 g/mol. The van der Waals surface area contributed by atoms with Crippen molar-refractivity contribution >= 4 is 27.0 Å². The lowest BCUT2D eigenvalue weighted by atomic mass is 9.84. The van der Waals surface area contributed by atoms with E-state index in [2.05, 4.69) is 15.0 Å². The Kier molecular flexibility index (Phi) is 6.35. The summed E-state index contributed by atoms with van der Waals surface area (Å²) >= 11 is 0. The number of nitrogens with zero attached hydrogens (tertiary/aromatic N) is 3. The highest BCUT2D eigenvalue weighted by atomic mass is 32.2. The fraction of sp³-hybridized carbons (Fsp3) is 0.480. The van der Waals surface area contributed by atoms with Crippen LogP contribution in [0.1, 0.15) is 20.8 Å². The number of sulfone groups is 1. The van der Waals surface area contributed by atoms with Crippen LogP contribution in [0.5, 0.6) is 5.88 Å². The quantitative estimate of drug-likeness (QED) is 0.542. The highest BCUT2D eigenvalue weighted by molar-refractivity contribution is 7.90. The molecule has 0 aliphatic carbocycles. The third kappa shape index (κ3) is 5.12. The van der Waals surface area contributed by atoms with Gasteiger partial charge in [0.25, 0.3) is 0 Å². The van der Waals surface area contributed by atoms with Crippen LogP contribution in [0.15, 0.2) is 35.6 Å². The molecule has 2 atom stereocenters. The second-order valence-corrected chi connectivity index (χ2v) is 12.6. The van der Waals surface area contributed by atoms with Gasteiger partial charge in [0.2, 0.25) is 5.88 Å². The molecule has 0 saturated carbocycles. The van der Waals surface area contributed by atoms with Gasteiger partial charge in [-0.1, -0.05) is 6.07 Å². The van der Waals surface area contributed by atoms with Crippen molar-refractivity contribution in [2.75, 3.05) is 32.6 Å². The maximum absolute atomic E-state index is 14.9. The van der Waals surface area contributed by atoms with Crippen molar-refractivity contribution in [1.82, 2.24) is 19.9 Å². The summed E-state index contributed by atoms with van der Waals surface area (Å²) in [5.41, 5.74) is 1.03. The Hall–Kier alpha value is -3.25. The molecule has 2 saturated heterocycles. The smallest absolute Gasteiger partial charge is 0.410 e. The van der Waals surface area contributed by atoms with Crippen molar-refractivity contribution in [3.05, 3.63) is 36.5 Å². The van der Waals surface area contributed by atoms with Crippen LogP contribution in [0.25, 0.3) is 22.2 Å². The number of piperidine rings is 1. The molecule has 1 N–H and O–H groups in total. The van der Waals surface area contributed by atoms with Gasteiger partial charge < -0.3 is 24.1 Å². The molecule has 2 aliphatic rings. The molecule has 2 aromatic heterocycles. The lowest BCUT2D eigenvalue weighted by Crippen LogP contribution is -2.59. The first-order valence-corrected chi connectivity index (χ1v) is 13.8. The molecule has 2 unspecified atom stereocenters. The molecule has 37 heavy (non-hydrogen) atoms. The second kappa shape index (κ2) is 9.25. The fourth-order valence-electron chi connectivity index (χ4n) is 4.85. The number of hydrogen-bond donors (Lipinski definition) is 1. The Morgan fingerprint density at radius 3 is 2.49 bits per heavy atom. The van der Waals surface area contributed by atoms with Gasteiger partial charge in [0, 0.05) is 48.5 Å². The number of aromatic nitrogens is 3. The number of likely N-dealkylation sites (tertiary alicyclic amines) is 1. The molecule has 198 valence electrons. The molecule has 3 aromatic rings. The zero-order chi connectivity index (χ0) is 26.5. The number of H-pyrrole nitrogens is 1. The van der Waals surface area contributed by atoms with E-state index in [0.717, 1.165) is 12.3 Å². The number of ether oxygens (including phenoxy) is 3. The van der Waals surface area contributed by atoms with Crippen LogP contribution in [0.3, 0.4) is 0 Å². The molecule has 2 bridgehead atoms. The van der Waals surface area contributed by atoms with Crippen molar-refractivity contribution in [2.24, 2.45) is 11.8 Å². The summed E-state index contributed by atoms with van der Waals surface area (Å²) < 4.78 is 56.2. The SMILES string of the molecule is CC(C)(C)OC(=O)N1CC2COCC(C1)C2Oc1ncnc2c(-c3ccc(S(C)(=O)=O)cc3F)c[nH]c12. The molecule has 10 nitrogen and oxygen atoms in total. The van der Waals surface area contributed by atoms with Crippen LogP contribution >= 0.6 is 0 Å². The lowest BCUT2D eigenvalue weighted by molar-refractivity contribution is -0.112. The minimum Gasteiger partial charge on any atom is -0.472 e. The Morgan fingerprint density at radius 1 is 1.16 bits per heavy atom. The van der Waals surface area contributed by atoms with Crippen LogP contribution in [-0.4, -0.2) is 78.6 Å². The summed E-state index contributed by atoms with van der Waals surface area (Å²) in [6.45, 7) is 7.23. The molecular weight excluding hydrogens is 503 g/mol. The van der Waals surface area contributed by atoms with E-state index in [1.807, 2.05) is 20.8 Å². The Balaban J connectivity index is 1.40. The van der Waals surface area contributed by atoms with Crippen molar-refractivity contribution in [3.63, 3.8) is 0 Å². The van der Waals surface area contributed by atoms with Gasteiger partial charge in [-0.05, 0) is 32.9 Å². The molecule has 1 amide bonds. The van der Waals surface area contributed by atoms with Crippen LogP contribution in [0.2, 0.25) is 0 Å². The van der Waals surface area contributed by atoms with Gasteiger partial charge in [-0.15, -0.1) is 0 Å². The van der Waals surface area contributed by atoms with Crippen LogP contribution in [0.4, 0.5) is 9.18 Å². The van der Waals surface area contributed by atoms with E-state index in [4.69, 9.17) is 14.2 Å². The molecule has 5 rings (SSSR count). The Labute approximate surface area is 214 Å². The normalized spacial score (nSPS) is 22.2. The van der Waals surface area contributed by atoms with Gasteiger partial charge in [-0.25, -0.2) is 22.6 Å². The summed E-state index contributed by atoms with van der Waals surface area (Å²) in [4.78, 5) is 26.0. The zero-order valence-electron chi connectivity index (χ0n) is 21.0. The van der Waals surface area contributed by atoms with Gasteiger partial charge in [0.15, 0.2) is 9.84 Å². The molecule has 12 heteroatoms. The van der Waals surface area contributed by atoms with E-state index >= 15 is 0 Å². The van der Waals surface area contributed by atoms with E-state index in [-0.39, 0.29) is 34.5 Å². The minimum absolute atomic E-state index is 0.0829. The number of amides is 1. The predicted molar refractivity (Wildman–Crippen MR) is 132 cm³/mol. The zero-order valence-corrected chi connectivity index (χ0v) is 21.8. The number of rotatable bonds is 4. The molecule has 0 spiro atoms. The summed E-state index contributed by atoms with van der Waals surface area (Å²) in [5.74, 6) is -0.524. The highest BCUT2D eigenvalue weighted by Gasteiger charge is 2.44. The Bertz CT molecular complexity index is 1440. The number of fused-ring (bicyclic) bond motifs is 3. The molecule has 1 aromatic carbocycles. The van der Waals surface area contributed by atoms with Gasteiger partial charge in [-0.2, -0.15) is 4.98 Å². The van der Waals surface area contributed by atoms with Crippen molar-refractivity contribution < 1.29 is 31.8 Å². The fourth-order valence-corrected chi connectivity index (χ4v) is 5.48. The Morgan fingerprint density at radius 2 is 1.86 bits per heavy atom. The van der Waals surface area contributed by atoms with Crippen LogP contribution in [-0.2, 0) is 19.3 Å². The molecular formula is C25H29FN4O6S. The predicted octanol–water partition coefficient (Wildman–Crippen LogP) is 3.43. The second-order valence-electron chi connectivity index (χ2n) is 10.5. The topological polar surface area (TPSA) is 124 Å².